The minimum Gasteiger partial charge on any atom is -0.422 e. The second-order valence-corrected chi connectivity index (χ2v) is 5.99. The van der Waals surface area contributed by atoms with E-state index in [0.717, 1.165) is 16.8 Å². The van der Waals surface area contributed by atoms with Crippen molar-refractivity contribution in [1.29, 1.82) is 0 Å². The first-order chi connectivity index (χ1) is 10.4. The van der Waals surface area contributed by atoms with Crippen molar-refractivity contribution >= 4 is 17.2 Å². The summed E-state index contributed by atoms with van der Waals surface area (Å²) < 4.78 is 5.41. The first-order valence-corrected chi connectivity index (χ1v) is 7.20. The van der Waals surface area contributed by atoms with Crippen LogP contribution in [0.15, 0.2) is 48.7 Å². The van der Waals surface area contributed by atoms with E-state index in [0.29, 0.717) is 11.4 Å². The molecule has 3 rings (SSSR count). The van der Waals surface area contributed by atoms with Crippen molar-refractivity contribution in [2.45, 2.75) is 26.3 Å². The molecule has 1 aliphatic rings. The number of carbonyl (C=O) groups excluding carboxylic acids is 1. The number of ether oxygens (including phenoxy) is 1. The van der Waals surface area contributed by atoms with Crippen LogP contribution in [0.5, 0.6) is 5.75 Å². The number of hydrogen-bond donors (Lipinski definition) is 1. The minimum absolute atomic E-state index is 0.0801. The lowest BCUT2D eigenvalue weighted by molar-refractivity contribution is 0.0728. The first kappa shape index (κ1) is 14.3. The first-order valence-electron chi connectivity index (χ1n) is 7.20. The van der Waals surface area contributed by atoms with Gasteiger partial charge >= 0.3 is 5.97 Å². The molecule has 1 aromatic heterocycles. The number of benzene rings is 1. The van der Waals surface area contributed by atoms with Crippen molar-refractivity contribution in [3.8, 4) is 5.75 Å². The molecule has 0 atom stereocenters. The Morgan fingerprint density at radius 2 is 2.05 bits per heavy atom. The normalized spacial score (nSPS) is 15.3. The number of allylic oxidation sites excluding steroid dienone is 1. The molecule has 4 heteroatoms. The maximum atomic E-state index is 12.1. The SMILES string of the molecule is CC1=CC(C)(C)Nc2ccc(OC(=O)c3ccccn3)cc21. The number of rotatable bonds is 2. The molecule has 1 aliphatic heterocycles. The predicted octanol–water partition coefficient (Wildman–Crippen LogP) is 3.91. The number of pyridine rings is 1. The maximum absolute atomic E-state index is 12.1. The summed E-state index contributed by atoms with van der Waals surface area (Å²) >= 11 is 0. The van der Waals surface area contributed by atoms with Crippen LogP contribution < -0.4 is 10.1 Å². The molecule has 22 heavy (non-hydrogen) atoms. The molecule has 0 spiro atoms. The molecule has 0 aliphatic carbocycles. The molecular formula is C18H18N2O2. The van der Waals surface area contributed by atoms with E-state index in [1.807, 2.05) is 12.1 Å². The van der Waals surface area contributed by atoms with Gasteiger partial charge in [-0.1, -0.05) is 12.1 Å². The summed E-state index contributed by atoms with van der Waals surface area (Å²) in [5, 5.41) is 3.45. The standard InChI is InChI=1S/C18H18N2O2/c1-12-11-18(2,3)20-15-8-7-13(10-14(12)15)22-17(21)16-6-4-5-9-19-16/h4-11,20H,1-3H3. The molecule has 2 heterocycles. The fourth-order valence-corrected chi connectivity index (χ4v) is 2.67. The summed E-state index contributed by atoms with van der Waals surface area (Å²) in [5.41, 5.74) is 3.47. The second kappa shape index (κ2) is 5.30. The Morgan fingerprint density at radius 3 is 2.77 bits per heavy atom. The Balaban J connectivity index is 1.86. The van der Waals surface area contributed by atoms with E-state index < -0.39 is 5.97 Å². The highest BCUT2D eigenvalue weighted by Gasteiger charge is 2.23. The van der Waals surface area contributed by atoms with Crippen LogP contribution in [0.3, 0.4) is 0 Å². The average Bonchev–Trinajstić information content (AvgIpc) is 2.48. The molecule has 112 valence electrons. The predicted molar refractivity (Wildman–Crippen MR) is 87.0 cm³/mol. The van der Waals surface area contributed by atoms with Crippen LogP contribution >= 0.6 is 0 Å². The fourth-order valence-electron chi connectivity index (χ4n) is 2.67. The van der Waals surface area contributed by atoms with Crippen LogP contribution in [0, 0.1) is 0 Å². The summed E-state index contributed by atoms with van der Waals surface area (Å²) in [6, 6.07) is 10.8. The monoisotopic (exact) mass is 294 g/mol. The van der Waals surface area contributed by atoms with Crippen LogP contribution in [-0.4, -0.2) is 16.5 Å². The molecule has 0 bridgehead atoms. The van der Waals surface area contributed by atoms with E-state index in [1.165, 1.54) is 0 Å². The van der Waals surface area contributed by atoms with Gasteiger partial charge in [-0.3, -0.25) is 0 Å². The highest BCUT2D eigenvalue weighted by atomic mass is 16.5. The number of fused-ring (bicyclic) bond motifs is 1. The van der Waals surface area contributed by atoms with Gasteiger partial charge in [-0.25, -0.2) is 9.78 Å². The quantitative estimate of drug-likeness (QED) is 0.674. The van der Waals surface area contributed by atoms with Gasteiger partial charge in [-0.2, -0.15) is 0 Å². The van der Waals surface area contributed by atoms with E-state index in [1.54, 1.807) is 30.5 Å². The summed E-state index contributed by atoms with van der Waals surface area (Å²) in [4.78, 5) is 16.0. The van der Waals surface area contributed by atoms with Crippen LogP contribution in [0.1, 0.15) is 36.8 Å². The number of aromatic nitrogens is 1. The molecule has 0 radical (unpaired) electrons. The number of hydrogen-bond acceptors (Lipinski definition) is 4. The van der Waals surface area contributed by atoms with E-state index in [2.05, 4.69) is 37.1 Å². The summed E-state index contributed by atoms with van der Waals surface area (Å²) in [6.07, 6.45) is 3.74. The van der Waals surface area contributed by atoms with Gasteiger partial charge in [0.25, 0.3) is 0 Å². The number of anilines is 1. The molecule has 1 N–H and O–H groups in total. The molecule has 0 amide bonds. The largest absolute Gasteiger partial charge is 0.422 e. The number of nitrogens with zero attached hydrogens (tertiary/aromatic N) is 1. The minimum atomic E-state index is -0.453. The lowest BCUT2D eigenvalue weighted by Crippen LogP contribution is -2.31. The number of nitrogens with one attached hydrogen (secondary N) is 1. The summed E-state index contributed by atoms with van der Waals surface area (Å²) in [6.45, 7) is 6.30. The van der Waals surface area contributed by atoms with Crippen molar-refractivity contribution in [2.75, 3.05) is 5.32 Å². The zero-order valence-electron chi connectivity index (χ0n) is 12.9. The Bertz CT molecular complexity index is 749. The molecule has 0 saturated heterocycles. The van der Waals surface area contributed by atoms with Crippen molar-refractivity contribution < 1.29 is 9.53 Å². The van der Waals surface area contributed by atoms with Gasteiger partial charge in [0.05, 0.1) is 5.54 Å². The third kappa shape index (κ3) is 2.86. The second-order valence-electron chi connectivity index (χ2n) is 5.99. The lowest BCUT2D eigenvalue weighted by atomic mass is 9.91. The van der Waals surface area contributed by atoms with E-state index >= 15 is 0 Å². The summed E-state index contributed by atoms with van der Waals surface area (Å²) in [7, 11) is 0. The molecule has 4 nitrogen and oxygen atoms in total. The zero-order chi connectivity index (χ0) is 15.7. The van der Waals surface area contributed by atoms with E-state index in [-0.39, 0.29) is 5.54 Å². The molecule has 0 unspecified atom stereocenters. The molecule has 2 aromatic rings. The van der Waals surface area contributed by atoms with Gasteiger partial charge in [0.1, 0.15) is 11.4 Å². The van der Waals surface area contributed by atoms with Gasteiger partial charge in [0, 0.05) is 17.4 Å². The van der Waals surface area contributed by atoms with Gasteiger partial charge in [-0.15, -0.1) is 0 Å². The smallest absolute Gasteiger partial charge is 0.362 e. The maximum Gasteiger partial charge on any atom is 0.362 e. The summed E-state index contributed by atoms with van der Waals surface area (Å²) in [5.74, 6) is 0.0648. The van der Waals surface area contributed by atoms with Crippen molar-refractivity contribution in [3.05, 3.63) is 59.9 Å². The van der Waals surface area contributed by atoms with Gasteiger partial charge in [0.2, 0.25) is 0 Å². The van der Waals surface area contributed by atoms with Crippen molar-refractivity contribution in [2.24, 2.45) is 0 Å². The van der Waals surface area contributed by atoms with Crippen LogP contribution in [0.25, 0.3) is 5.57 Å². The van der Waals surface area contributed by atoms with Crippen LogP contribution in [0.4, 0.5) is 5.69 Å². The van der Waals surface area contributed by atoms with Gasteiger partial charge < -0.3 is 10.1 Å². The van der Waals surface area contributed by atoms with E-state index in [9.17, 15) is 4.79 Å². The Labute approximate surface area is 129 Å². The molecule has 0 saturated carbocycles. The van der Waals surface area contributed by atoms with Crippen molar-refractivity contribution in [1.82, 2.24) is 4.98 Å². The topological polar surface area (TPSA) is 51.2 Å². The lowest BCUT2D eigenvalue weighted by Gasteiger charge is -2.31. The van der Waals surface area contributed by atoms with Crippen LogP contribution in [-0.2, 0) is 0 Å². The Hall–Kier alpha value is -2.62. The third-order valence-electron chi connectivity index (χ3n) is 3.53. The van der Waals surface area contributed by atoms with Gasteiger partial charge in [-0.05, 0) is 56.7 Å². The van der Waals surface area contributed by atoms with Crippen molar-refractivity contribution in [3.63, 3.8) is 0 Å². The van der Waals surface area contributed by atoms with Crippen LogP contribution in [0.2, 0.25) is 0 Å². The Kier molecular flexibility index (Phi) is 3.45. The molecular weight excluding hydrogens is 276 g/mol. The molecule has 0 fully saturated rings. The number of esters is 1. The third-order valence-corrected chi connectivity index (χ3v) is 3.53. The molecule has 1 aromatic carbocycles. The van der Waals surface area contributed by atoms with Gasteiger partial charge in [0.15, 0.2) is 0 Å². The Morgan fingerprint density at radius 1 is 1.23 bits per heavy atom. The highest BCUT2D eigenvalue weighted by molar-refractivity contribution is 5.89. The number of carbonyl (C=O) groups is 1. The fraction of sp³-hybridized carbons (Fsp3) is 0.222. The highest BCUT2D eigenvalue weighted by Crippen LogP contribution is 2.35. The average molecular weight is 294 g/mol. The van der Waals surface area contributed by atoms with E-state index in [4.69, 9.17) is 4.74 Å². The zero-order valence-corrected chi connectivity index (χ0v) is 12.9.